The van der Waals surface area contributed by atoms with Crippen LogP contribution in [0.25, 0.3) is 0 Å². The Bertz CT molecular complexity index is 1040. The van der Waals surface area contributed by atoms with E-state index in [1.165, 1.54) is 0 Å². The number of nitrogens with one attached hydrogen (secondary N) is 2. The molecule has 0 aromatic heterocycles. The minimum atomic E-state index is -0.375. The molecular formula is C24H22N2O3. The van der Waals surface area contributed by atoms with Crippen LogP contribution in [0.15, 0.2) is 72.8 Å². The third kappa shape index (κ3) is 4.96. The summed E-state index contributed by atoms with van der Waals surface area (Å²) in [7, 11) is 0. The van der Waals surface area contributed by atoms with Crippen molar-refractivity contribution in [1.29, 1.82) is 0 Å². The summed E-state index contributed by atoms with van der Waals surface area (Å²) in [4.78, 5) is 36.9. The number of aryl methyl sites for hydroxylation is 1. The molecule has 3 rings (SSSR count). The van der Waals surface area contributed by atoms with Gasteiger partial charge in [0.15, 0.2) is 5.78 Å². The van der Waals surface area contributed by atoms with Crippen molar-refractivity contribution in [3.63, 3.8) is 0 Å². The van der Waals surface area contributed by atoms with E-state index < -0.39 is 0 Å². The van der Waals surface area contributed by atoms with E-state index in [9.17, 15) is 14.4 Å². The van der Waals surface area contributed by atoms with Crippen LogP contribution < -0.4 is 10.6 Å². The molecule has 0 aliphatic heterocycles. The number of hydrogen-bond acceptors (Lipinski definition) is 3. The van der Waals surface area contributed by atoms with Crippen molar-refractivity contribution in [2.24, 2.45) is 0 Å². The maximum absolute atomic E-state index is 12.4. The van der Waals surface area contributed by atoms with Gasteiger partial charge in [-0.25, -0.2) is 0 Å². The molecule has 2 N–H and O–H groups in total. The van der Waals surface area contributed by atoms with Gasteiger partial charge in [0.1, 0.15) is 0 Å². The zero-order valence-electron chi connectivity index (χ0n) is 16.4. The fourth-order valence-corrected chi connectivity index (χ4v) is 2.87. The van der Waals surface area contributed by atoms with Crippen molar-refractivity contribution >= 4 is 23.3 Å². The van der Waals surface area contributed by atoms with Crippen molar-refractivity contribution in [1.82, 2.24) is 5.32 Å². The second-order valence-corrected chi connectivity index (χ2v) is 6.75. The molecular weight excluding hydrogens is 364 g/mol. The van der Waals surface area contributed by atoms with Crippen molar-refractivity contribution in [2.45, 2.75) is 13.8 Å². The van der Waals surface area contributed by atoms with Crippen LogP contribution in [0.3, 0.4) is 0 Å². The highest BCUT2D eigenvalue weighted by molar-refractivity contribution is 6.09. The molecule has 0 heterocycles. The first-order chi connectivity index (χ1) is 14.0. The van der Waals surface area contributed by atoms with Crippen LogP contribution in [0, 0.1) is 13.8 Å². The highest BCUT2D eigenvalue weighted by atomic mass is 16.2. The Morgan fingerprint density at radius 3 is 2.03 bits per heavy atom. The molecule has 2 amide bonds. The predicted molar refractivity (Wildman–Crippen MR) is 113 cm³/mol. The molecule has 0 aliphatic carbocycles. The summed E-state index contributed by atoms with van der Waals surface area (Å²) in [6.45, 7) is 3.76. The lowest BCUT2D eigenvalue weighted by atomic mass is 10.0. The Morgan fingerprint density at radius 2 is 1.34 bits per heavy atom. The summed E-state index contributed by atoms with van der Waals surface area (Å²) >= 11 is 0. The van der Waals surface area contributed by atoms with Gasteiger partial charge < -0.3 is 10.6 Å². The Kier molecular flexibility index (Phi) is 6.19. The average Bonchev–Trinajstić information content (AvgIpc) is 2.75. The number of carbonyl (C=O) groups is 3. The number of hydrogen-bond donors (Lipinski definition) is 2. The number of amides is 2. The minimum absolute atomic E-state index is 0.106. The molecule has 0 aliphatic rings. The normalized spacial score (nSPS) is 10.3. The number of ketones is 1. The van der Waals surface area contributed by atoms with E-state index in [1.54, 1.807) is 48.5 Å². The summed E-state index contributed by atoms with van der Waals surface area (Å²) in [5, 5.41) is 5.40. The molecule has 5 nitrogen and oxygen atoms in total. The molecule has 0 spiro atoms. The number of benzene rings is 3. The lowest BCUT2D eigenvalue weighted by Gasteiger charge is -2.11. The Labute approximate surface area is 169 Å². The van der Waals surface area contributed by atoms with E-state index in [2.05, 4.69) is 10.6 Å². The van der Waals surface area contributed by atoms with E-state index >= 15 is 0 Å². The maximum atomic E-state index is 12.4. The van der Waals surface area contributed by atoms with E-state index in [0.717, 1.165) is 16.8 Å². The first-order valence-corrected chi connectivity index (χ1v) is 9.30. The predicted octanol–water partition coefficient (Wildman–Crippen LogP) is 3.90. The van der Waals surface area contributed by atoms with Crippen LogP contribution in [-0.2, 0) is 4.79 Å². The van der Waals surface area contributed by atoms with E-state index in [1.807, 2.05) is 38.1 Å². The topological polar surface area (TPSA) is 75.3 Å². The quantitative estimate of drug-likeness (QED) is 0.631. The molecule has 146 valence electrons. The van der Waals surface area contributed by atoms with E-state index in [-0.39, 0.29) is 24.1 Å². The summed E-state index contributed by atoms with van der Waals surface area (Å²) in [6, 6.07) is 21.0. The summed E-state index contributed by atoms with van der Waals surface area (Å²) < 4.78 is 0. The highest BCUT2D eigenvalue weighted by Crippen LogP contribution is 2.17. The Morgan fingerprint density at radius 1 is 0.724 bits per heavy atom. The van der Waals surface area contributed by atoms with Gasteiger partial charge >= 0.3 is 0 Å². The van der Waals surface area contributed by atoms with Gasteiger partial charge in [-0.1, -0.05) is 54.6 Å². The molecule has 3 aromatic rings. The van der Waals surface area contributed by atoms with Crippen LogP contribution in [0.4, 0.5) is 5.69 Å². The van der Waals surface area contributed by atoms with E-state index in [4.69, 9.17) is 0 Å². The number of rotatable bonds is 6. The summed E-state index contributed by atoms with van der Waals surface area (Å²) in [5.74, 6) is -0.784. The number of carbonyl (C=O) groups excluding carboxylic acids is 3. The van der Waals surface area contributed by atoms with Crippen LogP contribution >= 0.6 is 0 Å². The number of anilines is 1. The summed E-state index contributed by atoms with van der Waals surface area (Å²) in [5.41, 5.74) is 4.28. The second-order valence-electron chi connectivity index (χ2n) is 6.75. The van der Waals surface area contributed by atoms with Gasteiger partial charge in [0.05, 0.1) is 6.54 Å². The van der Waals surface area contributed by atoms with Crippen molar-refractivity contribution in [3.05, 3.63) is 101 Å². The molecule has 5 heteroatoms. The van der Waals surface area contributed by atoms with Crippen molar-refractivity contribution in [3.8, 4) is 0 Å². The Balaban J connectivity index is 1.57. The monoisotopic (exact) mass is 386 g/mol. The molecule has 0 radical (unpaired) electrons. The van der Waals surface area contributed by atoms with Crippen LogP contribution in [0.2, 0.25) is 0 Å². The van der Waals surface area contributed by atoms with Gasteiger partial charge in [-0.3, -0.25) is 14.4 Å². The largest absolute Gasteiger partial charge is 0.343 e. The molecule has 0 fully saturated rings. The zero-order chi connectivity index (χ0) is 20.8. The molecule has 0 saturated carbocycles. The SMILES string of the molecule is Cc1cccc(NC(=O)CNC(=O)c2ccc(C(=O)c3ccccc3)cc2)c1C. The van der Waals surface area contributed by atoms with Gasteiger partial charge in [0, 0.05) is 22.4 Å². The fourth-order valence-electron chi connectivity index (χ4n) is 2.87. The van der Waals surface area contributed by atoms with Gasteiger partial charge in [-0.2, -0.15) is 0 Å². The minimum Gasteiger partial charge on any atom is -0.343 e. The van der Waals surface area contributed by atoms with Crippen LogP contribution in [0.1, 0.15) is 37.4 Å². The lowest BCUT2D eigenvalue weighted by molar-refractivity contribution is -0.115. The molecule has 0 unspecified atom stereocenters. The van der Waals surface area contributed by atoms with Gasteiger partial charge in [0.25, 0.3) is 5.91 Å². The molecule has 0 bridgehead atoms. The Hall–Kier alpha value is -3.73. The van der Waals surface area contributed by atoms with Crippen LogP contribution in [0.5, 0.6) is 0 Å². The third-order valence-electron chi connectivity index (χ3n) is 4.73. The van der Waals surface area contributed by atoms with E-state index in [0.29, 0.717) is 16.7 Å². The summed E-state index contributed by atoms with van der Waals surface area (Å²) in [6.07, 6.45) is 0. The van der Waals surface area contributed by atoms with Gasteiger partial charge in [0.2, 0.25) is 5.91 Å². The zero-order valence-corrected chi connectivity index (χ0v) is 16.4. The average molecular weight is 386 g/mol. The van der Waals surface area contributed by atoms with Gasteiger partial charge in [-0.05, 0) is 43.2 Å². The second kappa shape index (κ2) is 8.97. The third-order valence-corrected chi connectivity index (χ3v) is 4.73. The smallest absolute Gasteiger partial charge is 0.251 e. The first-order valence-electron chi connectivity index (χ1n) is 9.30. The molecule has 3 aromatic carbocycles. The van der Waals surface area contributed by atoms with Crippen LogP contribution in [-0.4, -0.2) is 24.1 Å². The maximum Gasteiger partial charge on any atom is 0.251 e. The van der Waals surface area contributed by atoms with Crippen molar-refractivity contribution in [2.75, 3.05) is 11.9 Å². The highest BCUT2D eigenvalue weighted by Gasteiger charge is 2.12. The standard InChI is InChI=1S/C24H22N2O3/c1-16-7-6-10-21(17(16)2)26-22(27)15-25-24(29)20-13-11-19(12-14-20)23(28)18-8-4-3-5-9-18/h3-14H,15H2,1-2H3,(H,25,29)(H,26,27). The molecule has 29 heavy (non-hydrogen) atoms. The molecule has 0 saturated heterocycles. The molecule has 0 atom stereocenters. The first kappa shape index (κ1) is 20.0. The van der Waals surface area contributed by atoms with Gasteiger partial charge in [-0.15, -0.1) is 0 Å². The fraction of sp³-hybridized carbons (Fsp3) is 0.125. The van der Waals surface area contributed by atoms with Crippen molar-refractivity contribution < 1.29 is 14.4 Å². The lowest BCUT2D eigenvalue weighted by Crippen LogP contribution is -2.33.